The number of hydrogen-bond donors (Lipinski definition) is 0. The van der Waals surface area contributed by atoms with E-state index < -0.39 is 17.8 Å². The molecule has 0 atom stereocenters. The zero-order valence-electron chi connectivity index (χ0n) is 11.0. The van der Waals surface area contributed by atoms with Gasteiger partial charge in [-0.05, 0) is 18.6 Å². The molecule has 0 aromatic heterocycles. The van der Waals surface area contributed by atoms with Crippen LogP contribution in [0, 0.1) is 0 Å². The predicted octanol–water partition coefficient (Wildman–Crippen LogP) is 1.19. The van der Waals surface area contributed by atoms with Gasteiger partial charge < -0.3 is 4.84 Å². The Morgan fingerprint density at radius 1 is 1.37 bits per heavy atom. The fourth-order valence-corrected chi connectivity index (χ4v) is 1.47. The third-order valence-electron chi connectivity index (χ3n) is 2.35. The first-order valence-electron chi connectivity index (χ1n) is 5.97. The van der Waals surface area contributed by atoms with E-state index in [1.54, 1.807) is 19.2 Å². The highest BCUT2D eigenvalue weighted by Crippen LogP contribution is 2.14. The lowest BCUT2D eigenvalue weighted by Crippen LogP contribution is -2.32. The number of carbonyl (C=O) groups is 3. The molecule has 1 saturated heterocycles. The van der Waals surface area contributed by atoms with E-state index in [1.165, 1.54) is 12.3 Å². The number of hydroxylamine groups is 2. The monoisotopic (exact) mass is 264 g/mol. The third kappa shape index (κ3) is 4.17. The van der Waals surface area contributed by atoms with Crippen molar-refractivity contribution in [3.8, 4) is 0 Å². The summed E-state index contributed by atoms with van der Waals surface area (Å²) in [7, 11) is 1.60. The van der Waals surface area contributed by atoms with Crippen molar-refractivity contribution in [2.75, 3.05) is 7.05 Å². The molecule has 0 unspecified atom stereocenters. The summed E-state index contributed by atoms with van der Waals surface area (Å²) in [6.45, 7) is 1.86. The Balaban J connectivity index is 2.75. The molecule has 1 rings (SSSR count). The second kappa shape index (κ2) is 7.25. The highest BCUT2D eigenvalue weighted by atomic mass is 16.7. The molecule has 6 heteroatoms. The van der Waals surface area contributed by atoms with Gasteiger partial charge in [0.2, 0.25) is 0 Å². The van der Waals surface area contributed by atoms with Crippen molar-refractivity contribution in [3.63, 3.8) is 0 Å². The number of amides is 2. The van der Waals surface area contributed by atoms with Gasteiger partial charge in [0.05, 0.1) is 5.57 Å². The van der Waals surface area contributed by atoms with Crippen molar-refractivity contribution in [2.24, 2.45) is 4.99 Å². The zero-order chi connectivity index (χ0) is 14.3. The van der Waals surface area contributed by atoms with Gasteiger partial charge in [0.1, 0.15) is 0 Å². The molecule has 6 nitrogen and oxygen atoms in total. The van der Waals surface area contributed by atoms with E-state index in [-0.39, 0.29) is 18.4 Å². The Labute approximate surface area is 111 Å². The van der Waals surface area contributed by atoms with Crippen LogP contribution in [-0.2, 0) is 19.2 Å². The number of imide groups is 1. The van der Waals surface area contributed by atoms with E-state index in [2.05, 4.69) is 4.99 Å². The minimum atomic E-state index is -0.730. The number of carbonyl (C=O) groups excluding carboxylic acids is 3. The lowest BCUT2D eigenvalue weighted by atomic mass is 10.2. The molecule has 0 aromatic carbocycles. The fraction of sp³-hybridized carbons (Fsp3) is 0.385. The van der Waals surface area contributed by atoms with Crippen molar-refractivity contribution < 1.29 is 19.2 Å². The van der Waals surface area contributed by atoms with Gasteiger partial charge >= 0.3 is 5.97 Å². The number of allylic oxidation sites excluding steroid dienone is 2. The number of nitrogens with zero attached hydrogens (tertiary/aromatic N) is 2. The summed E-state index contributed by atoms with van der Waals surface area (Å²) in [5.74, 6) is -1.71. The van der Waals surface area contributed by atoms with Gasteiger partial charge in [0, 0.05) is 26.1 Å². The van der Waals surface area contributed by atoms with E-state index in [0.717, 1.165) is 0 Å². The summed E-state index contributed by atoms with van der Waals surface area (Å²) in [5.41, 5.74) is 0.273. The molecule has 19 heavy (non-hydrogen) atoms. The van der Waals surface area contributed by atoms with E-state index in [0.29, 0.717) is 11.5 Å². The molecule has 1 heterocycles. The Hall–Kier alpha value is -2.24. The van der Waals surface area contributed by atoms with Crippen LogP contribution in [0.3, 0.4) is 0 Å². The van der Waals surface area contributed by atoms with Crippen molar-refractivity contribution in [3.05, 3.63) is 23.8 Å². The zero-order valence-corrected chi connectivity index (χ0v) is 11.0. The van der Waals surface area contributed by atoms with E-state index in [9.17, 15) is 14.4 Å². The van der Waals surface area contributed by atoms with Crippen LogP contribution in [0.1, 0.15) is 26.2 Å². The van der Waals surface area contributed by atoms with Crippen LogP contribution in [0.4, 0.5) is 0 Å². The molecule has 0 aromatic rings. The van der Waals surface area contributed by atoms with Gasteiger partial charge in [-0.15, -0.1) is 5.06 Å². The van der Waals surface area contributed by atoms with Gasteiger partial charge in [0.15, 0.2) is 0 Å². The molecule has 102 valence electrons. The maximum absolute atomic E-state index is 11.8. The van der Waals surface area contributed by atoms with Gasteiger partial charge in [-0.3, -0.25) is 14.6 Å². The second-order valence-corrected chi connectivity index (χ2v) is 3.79. The Morgan fingerprint density at radius 3 is 2.53 bits per heavy atom. The first-order chi connectivity index (χ1) is 9.10. The SMILES string of the molecule is CC/C=C(/C=C\C=NC)C(=O)ON1C(=O)CCC1=O. The van der Waals surface area contributed by atoms with Crippen molar-refractivity contribution >= 4 is 24.0 Å². The number of aliphatic imine (C=N–C) groups is 1. The van der Waals surface area contributed by atoms with E-state index >= 15 is 0 Å². The first kappa shape index (κ1) is 14.8. The van der Waals surface area contributed by atoms with Crippen LogP contribution >= 0.6 is 0 Å². The number of rotatable bonds is 5. The Kier molecular flexibility index (Phi) is 5.66. The molecule has 0 N–H and O–H groups in total. The summed E-state index contributed by atoms with van der Waals surface area (Å²) in [6, 6.07) is 0. The smallest absolute Gasteiger partial charge is 0.325 e. The van der Waals surface area contributed by atoms with Crippen LogP contribution in [0.15, 0.2) is 28.8 Å². The maximum Gasteiger partial charge on any atom is 0.363 e. The molecule has 1 aliphatic heterocycles. The Bertz CT molecular complexity index is 447. The van der Waals surface area contributed by atoms with Gasteiger partial charge in [0.25, 0.3) is 11.8 Å². The molecular weight excluding hydrogens is 248 g/mol. The van der Waals surface area contributed by atoms with Crippen molar-refractivity contribution in [2.45, 2.75) is 26.2 Å². The van der Waals surface area contributed by atoms with Crippen LogP contribution < -0.4 is 0 Å². The third-order valence-corrected chi connectivity index (χ3v) is 2.35. The maximum atomic E-state index is 11.8. The van der Waals surface area contributed by atoms with Gasteiger partial charge in [-0.1, -0.05) is 13.0 Å². The molecule has 0 radical (unpaired) electrons. The van der Waals surface area contributed by atoms with Crippen molar-refractivity contribution in [1.82, 2.24) is 5.06 Å². The lowest BCUT2D eigenvalue weighted by molar-refractivity contribution is -0.194. The largest absolute Gasteiger partial charge is 0.363 e. The summed E-state index contributed by atoms with van der Waals surface area (Å²) in [5, 5.41) is 0.535. The summed E-state index contributed by atoms with van der Waals surface area (Å²) in [6.07, 6.45) is 7.05. The highest BCUT2D eigenvalue weighted by molar-refractivity contribution is 6.03. The summed E-state index contributed by atoms with van der Waals surface area (Å²) < 4.78 is 0. The average molecular weight is 264 g/mol. The van der Waals surface area contributed by atoms with Gasteiger partial charge in [-0.25, -0.2) is 4.79 Å². The summed E-state index contributed by atoms with van der Waals surface area (Å²) in [4.78, 5) is 43.1. The van der Waals surface area contributed by atoms with Crippen LogP contribution in [0.5, 0.6) is 0 Å². The van der Waals surface area contributed by atoms with Crippen LogP contribution in [0.25, 0.3) is 0 Å². The normalized spacial score (nSPS) is 16.9. The Morgan fingerprint density at radius 2 is 2.00 bits per heavy atom. The summed E-state index contributed by atoms with van der Waals surface area (Å²) >= 11 is 0. The standard InChI is InChI=1S/C13H16N2O4/c1-3-5-10(6-4-9-14-2)13(18)19-15-11(16)7-8-12(15)17/h4-6,9H,3,7-8H2,1-2H3/b6-4-,10-5-,14-9?. The predicted molar refractivity (Wildman–Crippen MR) is 69.1 cm³/mol. The molecule has 1 fully saturated rings. The fourth-order valence-electron chi connectivity index (χ4n) is 1.47. The minimum absolute atomic E-state index is 0.0806. The molecule has 0 bridgehead atoms. The first-order valence-corrected chi connectivity index (χ1v) is 5.97. The molecule has 0 spiro atoms. The second-order valence-electron chi connectivity index (χ2n) is 3.79. The minimum Gasteiger partial charge on any atom is -0.325 e. The highest BCUT2D eigenvalue weighted by Gasteiger charge is 2.33. The lowest BCUT2D eigenvalue weighted by Gasteiger charge is -2.12. The van der Waals surface area contributed by atoms with Crippen molar-refractivity contribution in [1.29, 1.82) is 0 Å². The van der Waals surface area contributed by atoms with E-state index in [4.69, 9.17) is 4.84 Å². The molecular formula is C13H16N2O4. The molecule has 0 aliphatic carbocycles. The topological polar surface area (TPSA) is 76.0 Å². The number of hydrogen-bond acceptors (Lipinski definition) is 5. The van der Waals surface area contributed by atoms with Crippen LogP contribution in [-0.4, -0.2) is 36.1 Å². The average Bonchev–Trinajstić information content (AvgIpc) is 2.69. The quantitative estimate of drug-likeness (QED) is 0.323. The molecule has 1 aliphatic rings. The molecule has 2 amide bonds. The van der Waals surface area contributed by atoms with Gasteiger partial charge in [-0.2, -0.15) is 0 Å². The van der Waals surface area contributed by atoms with Crippen LogP contribution in [0.2, 0.25) is 0 Å². The van der Waals surface area contributed by atoms with E-state index in [1.807, 2.05) is 6.92 Å². The molecule has 0 saturated carbocycles.